The van der Waals surface area contributed by atoms with Crippen molar-refractivity contribution in [2.45, 2.75) is 0 Å². The minimum atomic E-state index is 0.0456. The van der Waals surface area contributed by atoms with Gasteiger partial charge in [0.25, 0.3) is 6.71 Å². The van der Waals surface area contributed by atoms with Crippen LogP contribution in [0.5, 0.6) is 0 Å². The Bertz CT molecular complexity index is 2970. The number of anilines is 6. The van der Waals surface area contributed by atoms with Crippen molar-refractivity contribution in [3.8, 4) is 27.9 Å². The summed E-state index contributed by atoms with van der Waals surface area (Å²) in [6, 6.07) is 80.0. The van der Waals surface area contributed by atoms with Crippen molar-refractivity contribution in [1.29, 1.82) is 0 Å². The Morgan fingerprint density at radius 3 is 1.16 bits per heavy atom. The lowest BCUT2D eigenvalue weighted by Crippen LogP contribution is -2.61. The fourth-order valence-corrected chi connectivity index (χ4v) is 9.80. The summed E-state index contributed by atoms with van der Waals surface area (Å²) in [7, 11) is 0. The molecule has 0 spiro atoms. The number of benzene rings is 9. The fourth-order valence-electron chi connectivity index (χ4n) is 9.80. The van der Waals surface area contributed by atoms with Gasteiger partial charge in [0.05, 0.1) is 16.7 Å². The SMILES string of the molecule is c1ccc(-c2cccc3c4cccc(-c5ccccc5)c4n(-c4cc5c6c(c4)N(c4ccccc4)c4ccccc4B6c4ccccc4N5c4ccccc4)c23)cc1. The summed E-state index contributed by atoms with van der Waals surface area (Å²) in [6.07, 6.45) is 0. The van der Waals surface area contributed by atoms with Crippen LogP contribution in [0.1, 0.15) is 0 Å². The maximum absolute atomic E-state index is 2.56. The molecule has 3 nitrogen and oxygen atoms in total. The van der Waals surface area contributed by atoms with Crippen LogP contribution in [0.2, 0.25) is 0 Å². The standard InChI is InChI=1S/C54H36BN3/c1-5-19-37(20-6-1)42-27-17-29-44-45-30-18-28-43(38-21-7-2-8-22-38)54(45)58(53(42)44)41-35-50-52-51(36-41)57(40-25-11-4-12-26-40)49-34-16-14-32-47(49)55(52)46-31-13-15-33-48(46)56(50)39-23-9-3-10-24-39/h1-36H. The van der Waals surface area contributed by atoms with Gasteiger partial charge in [0.1, 0.15) is 0 Å². The number of hydrogen-bond acceptors (Lipinski definition) is 2. The zero-order valence-electron chi connectivity index (χ0n) is 31.7. The van der Waals surface area contributed by atoms with Crippen LogP contribution in [-0.4, -0.2) is 11.3 Å². The van der Waals surface area contributed by atoms with Crippen molar-refractivity contribution in [3.63, 3.8) is 0 Å². The Morgan fingerprint density at radius 2 is 0.707 bits per heavy atom. The first-order chi connectivity index (χ1) is 28.8. The molecule has 0 amide bonds. The van der Waals surface area contributed by atoms with Crippen LogP contribution in [-0.2, 0) is 0 Å². The minimum absolute atomic E-state index is 0.0456. The van der Waals surface area contributed by atoms with Crippen LogP contribution in [0.3, 0.4) is 0 Å². The lowest BCUT2D eigenvalue weighted by atomic mass is 9.33. The van der Waals surface area contributed by atoms with E-state index in [2.05, 4.69) is 233 Å². The maximum Gasteiger partial charge on any atom is 0.252 e. The van der Waals surface area contributed by atoms with Gasteiger partial charge in [-0.1, -0.05) is 170 Å². The highest BCUT2D eigenvalue weighted by atomic mass is 15.2. The van der Waals surface area contributed by atoms with E-state index in [-0.39, 0.29) is 6.71 Å². The van der Waals surface area contributed by atoms with Crippen LogP contribution in [0.4, 0.5) is 34.1 Å². The summed E-state index contributed by atoms with van der Waals surface area (Å²) in [5.41, 5.74) is 19.3. The Hall–Kier alpha value is -7.56. The minimum Gasteiger partial charge on any atom is -0.311 e. The molecule has 2 aliphatic rings. The summed E-state index contributed by atoms with van der Waals surface area (Å²) < 4.78 is 2.56. The lowest BCUT2D eigenvalue weighted by Gasteiger charge is -2.44. The van der Waals surface area contributed by atoms with Crippen LogP contribution >= 0.6 is 0 Å². The topological polar surface area (TPSA) is 11.4 Å². The molecule has 0 atom stereocenters. The van der Waals surface area contributed by atoms with E-state index in [1.54, 1.807) is 0 Å². The zero-order chi connectivity index (χ0) is 38.2. The second-order valence-electron chi connectivity index (χ2n) is 15.3. The molecule has 0 N–H and O–H groups in total. The highest BCUT2D eigenvalue weighted by Gasteiger charge is 2.43. The number of nitrogens with zero attached hydrogens (tertiary/aromatic N) is 3. The molecule has 0 aliphatic carbocycles. The molecule has 9 aromatic carbocycles. The Balaban J connectivity index is 1.27. The van der Waals surface area contributed by atoms with Crippen molar-refractivity contribution >= 4 is 79.0 Å². The number of hydrogen-bond donors (Lipinski definition) is 0. The summed E-state index contributed by atoms with van der Waals surface area (Å²) in [6.45, 7) is 0.0456. The molecule has 0 fully saturated rings. The number of para-hydroxylation sites is 6. The highest BCUT2D eigenvalue weighted by molar-refractivity contribution is 7.00. The average molecular weight is 738 g/mol. The van der Waals surface area contributed by atoms with Gasteiger partial charge in [0.2, 0.25) is 0 Å². The van der Waals surface area contributed by atoms with Gasteiger partial charge in [-0.2, -0.15) is 0 Å². The molecule has 3 heterocycles. The lowest BCUT2D eigenvalue weighted by molar-refractivity contribution is 1.16. The van der Waals surface area contributed by atoms with Gasteiger partial charge in [-0.05, 0) is 76.0 Å². The second kappa shape index (κ2) is 13.0. The van der Waals surface area contributed by atoms with Crippen LogP contribution < -0.4 is 26.2 Å². The maximum atomic E-state index is 2.56. The first-order valence-electron chi connectivity index (χ1n) is 20.1. The molecule has 12 rings (SSSR count). The van der Waals surface area contributed by atoms with E-state index in [1.165, 1.54) is 83.2 Å². The molecular formula is C54H36BN3. The molecule has 2 aliphatic heterocycles. The van der Waals surface area contributed by atoms with Crippen molar-refractivity contribution in [1.82, 2.24) is 4.57 Å². The van der Waals surface area contributed by atoms with Gasteiger partial charge < -0.3 is 14.4 Å². The van der Waals surface area contributed by atoms with E-state index in [9.17, 15) is 0 Å². The molecule has 0 bridgehead atoms. The van der Waals surface area contributed by atoms with Crippen LogP contribution in [0.15, 0.2) is 218 Å². The quantitative estimate of drug-likeness (QED) is 0.163. The number of fused-ring (bicyclic) bond motifs is 7. The second-order valence-corrected chi connectivity index (χ2v) is 15.3. The van der Waals surface area contributed by atoms with Gasteiger partial charge in [-0.25, -0.2) is 0 Å². The molecule has 0 unspecified atom stereocenters. The van der Waals surface area contributed by atoms with Crippen LogP contribution in [0.25, 0.3) is 49.7 Å². The monoisotopic (exact) mass is 737 g/mol. The van der Waals surface area contributed by atoms with Gasteiger partial charge in [0, 0.05) is 56.0 Å². The summed E-state index contributed by atoms with van der Waals surface area (Å²) in [5.74, 6) is 0. The molecule has 58 heavy (non-hydrogen) atoms. The van der Waals surface area contributed by atoms with Gasteiger partial charge >= 0.3 is 0 Å². The molecule has 0 radical (unpaired) electrons. The Kier molecular flexibility index (Phi) is 7.33. The number of rotatable bonds is 5. The van der Waals surface area contributed by atoms with Crippen molar-refractivity contribution in [3.05, 3.63) is 218 Å². The highest BCUT2D eigenvalue weighted by Crippen LogP contribution is 2.48. The predicted octanol–water partition coefficient (Wildman–Crippen LogP) is 12.2. The molecule has 10 aromatic rings. The van der Waals surface area contributed by atoms with Crippen molar-refractivity contribution in [2.75, 3.05) is 9.80 Å². The first-order valence-corrected chi connectivity index (χ1v) is 20.1. The van der Waals surface area contributed by atoms with E-state index in [4.69, 9.17) is 0 Å². The predicted molar refractivity (Wildman–Crippen MR) is 246 cm³/mol. The molecule has 1 aromatic heterocycles. The summed E-state index contributed by atoms with van der Waals surface area (Å²) in [5, 5.41) is 2.46. The number of aromatic nitrogens is 1. The third-order valence-corrected chi connectivity index (χ3v) is 12.1. The van der Waals surface area contributed by atoms with Gasteiger partial charge in [0.15, 0.2) is 0 Å². The first kappa shape index (κ1) is 32.7. The molecule has 270 valence electrons. The Labute approximate surface area is 338 Å². The Morgan fingerprint density at radius 1 is 0.310 bits per heavy atom. The molecule has 0 saturated heterocycles. The van der Waals surface area contributed by atoms with Gasteiger partial charge in [-0.3, -0.25) is 0 Å². The summed E-state index contributed by atoms with van der Waals surface area (Å²) >= 11 is 0. The van der Waals surface area contributed by atoms with Crippen molar-refractivity contribution in [2.24, 2.45) is 0 Å². The average Bonchev–Trinajstić information content (AvgIpc) is 3.65. The smallest absolute Gasteiger partial charge is 0.252 e. The largest absolute Gasteiger partial charge is 0.311 e. The molecule has 0 saturated carbocycles. The van der Waals surface area contributed by atoms with E-state index in [0.717, 1.165) is 17.1 Å². The van der Waals surface area contributed by atoms with Crippen molar-refractivity contribution < 1.29 is 0 Å². The van der Waals surface area contributed by atoms with E-state index in [0.29, 0.717) is 0 Å². The van der Waals surface area contributed by atoms with E-state index >= 15 is 0 Å². The molecule has 4 heteroatoms. The van der Waals surface area contributed by atoms with E-state index in [1.807, 2.05) is 0 Å². The normalized spacial score (nSPS) is 12.7. The third-order valence-electron chi connectivity index (χ3n) is 12.1. The summed E-state index contributed by atoms with van der Waals surface area (Å²) in [4.78, 5) is 4.99. The zero-order valence-corrected chi connectivity index (χ0v) is 31.7. The third kappa shape index (κ3) is 4.82. The van der Waals surface area contributed by atoms with Crippen LogP contribution in [0, 0.1) is 0 Å². The fraction of sp³-hybridized carbons (Fsp3) is 0. The van der Waals surface area contributed by atoms with E-state index < -0.39 is 0 Å². The molecular weight excluding hydrogens is 701 g/mol. The van der Waals surface area contributed by atoms with Gasteiger partial charge in [-0.15, -0.1) is 0 Å².